The van der Waals surface area contributed by atoms with Crippen LogP contribution in [-0.4, -0.2) is 46.4 Å². The van der Waals surface area contributed by atoms with Crippen LogP contribution in [0.15, 0.2) is 18.2 Å². The second-order valence-corrected chi connectivity index (χ2v) is 7.68. The van der Waals surface area contributed by atoms with Crippen molar-refractivity contribution in [3.8, 4) is 29.4 Å². The lowest BCUT2D eigenvalue weighted by molar-refractivity contribution is 0.260. The maximum absolute atomic E-state index is 10.5. The second kappa shape index (κ2) is 7.58. The van der Waals surface area contributed by atoms with E-state index in [1.54, 1.807) is 6.07 Å². The number of fused-ring (bicyclic) bond motifs is 1. The van der Waals surface area contributed by atoms with E-state index in [4.69, 9.17) is 6.42 Å². The molecule has 0 spiro atoms. The molecule has 0 saturated carbocycles. The number of phenolic OH excluding ortho intramolecular Hbond substituents is 1. The number of likely N-dealkylation sites (N-methyl/N-ethyl adjacent to an activating group) is 1. The van der Waals surface area contributed by atoms with Crippen LogP contribution in [0, 0.1) is 12.3 Å². The number of nitrogens with one attached hydrogen (secondary N) is 1. The molecule has 140 valence electrons. The highest BCUT2D eigenvalue weighted by atomic mass is 16.3. The number of aromatic hydroxyl groups is 1. The van der Waals surface area contributed by atoms with Gasteiger partial charge in [-0.3, -0.25) is 0 Å². The number of hydrogen-bond donors (Lipinski definition) is 2. The highest BCUT2D eigenvalue weighted by molar-refractivity contribution is 5.73. The minimum absolute atomic E-state index is 0.169. The number of phenols is 1. The van der Waals surface area contributed by atoms with Crippen LogP contribution in [0.2, 0.25) is 0 Å². The van der Waals surface area contributed by atoms with E-state index in [1.165, 1.54) is 24.0 Å². The van der Waals surface area contributed by atoms with E-state index in [1.807, 2.05) is 12.1 Å². The van der Waals surface area contributed by atoms with Gasteiger partial charge in [-0.05, 0) is 75.9 Å². The molecule has 2 heterocycles. The van der Waals surface area contributed by atoms with E-state index in [-0.39, 0.29) is 5.75 Å². The molecule has 1 aliphatic heterocycles. The first-order valence-corrected chi connectivity index (χ1v) is 9.79. The second-order valence-electron chi connectivity index (χ2n) is 7.68. The van der Waals surface area contributed by atoms with Crippen LogP contribution >= 0.6 is 0 Å². The van der Waals surface area contributed by atoms with Crippen molar-refractivity contribution in [2.24, 2.45) is 0 Å². The normalized spacial score (nSPS) is 19.9. The molecule has 27 heavy (non-hydrogen) atoms. The third kappa shape index (κ3) is 3.63. The summed E-state index contributed by atoms with van der Waals surface area (Å²) in [5, 5.41) is 23.2. The quantitative estimate of drug-likeness (QED) is 0.821. The van der Waals surface area contributed by atoms with Gasteiger partial charge in [0.15, 0.2) is 5.82 Å². The number of piperidine rings is 1. The fourth-order valence-corrected chi connectivity index (χ4v) is 4.28. The van der Waals surface area contributed by atoms with Crippen molar-refractivity contribution in [3.05, 3.63) is 34.9 Å². The van der Waals surface area contributed by atoms with Gasteiger partial charge in [0, 0.05) is 29.3 Å². The Morgan fingerprint density at radius 2 is 2.00 bits per heavy atom. The van der Waals surface area contributed by atoms with Gasteiger partial charge in [0.25, 0.3) is 0 Å². The Balaban J connectivity index is 1.70. The van der Waals surface area contributed by atoms with Crippen LogP contribution in [0.1, 0.15) is 42.4 Å². The summed E-state index contributed by atoms with van der Waals surface area (Å²) in [6.07, 6.45) is 12.1. The monoisotopic (exact) mass is 362 g/mol. The summed E-state index contributed by atoms with van der Waals surface area (Å²) in [7, 11) is 2.17. The Hall–Kier alpha value is -2.58. The maximum atomic E-state index is 10.5. The lowest BCUT2D eigenvalue weighted by Gasteiger charge is -2.31. The van der Waals surface area contributed by atoms with Crippen LogP contribution < -0.4 is 5.32 Å². The van der Waals surface area contributed by atoms with Crippen molar-refractivity contribution >= 4 is 5.82 Å². The molecule has 0 amide bonds. The summed E-state index contributed by atoms with van der Waals surface area (Å²) < 4.78 is 0. The van der Waals surface area contributed by atoms with E-state index < -0.39 is 0 Å². The van der Waals surface area contributed by atoms with Crippen LogP contribution in [0.5, 0.6) is 5.75 Å². The van der Waals surface area contributed by atoms with Crippen molar-refractivity contribution in [1.82, 2.24) is 15.1 Å². The molecule has 0 unspecified atom stereocenters. The molecule has 2 aromatic rings. The molecule has 1 aromatic heterocycles. The molecule has 2 N–H and O–H groups in total. The van der Waals surface area contributed by atoms with Crippen molar-refractivity contribution in [1.29, 1.82) is 0 Å². The Labute approximate surface area is 160 Å². The Morgan fingerprint density at radius 1 is 1.19 bits per heavy atom. The zero-order valence-corrected chi connectivity index (χ0v) is 15.8. The first-order valence-electron chi connectivity index (χ1n) is 9.79. The maximum Gasteiger partial charge on any atom is 0.152 e. The lowest BCUT2D eigenvalue weighted by atomic mass is 9.88. The minimum atomic E-state index is 0.169. The average molecular weight is 362 g/mol. The van der Waals surface area contributed by atoms with Gasteiger partial charge in [-0.25, -0.2) is 0 Å². The molecule has 4 rings (SSSR count). The summed E-state index contributed by atoms with van der Waals surface area (Å²) in [4.78, 5) is 2.36. The zero-order valence-electron chi connectivity index (χ0n) is 15.8. The van der Waals surface area contributed by atoms with Gasteiger partial charge < -0.3 is 15.3 Å². The Bertz CT molecular complexity index is 887. The summed E-state index contributed by atoms with van der Waals surface area (Å²) in [6.45, 7) is 2.19. The molecule has 5 heteroatoms. The van der Waals surface area contributed by atoms with Gasteiger partial charge in [-0.2, -0.15) is 0 Å². The Kier molecular flexibility index (Phi) is 5.00. The van der Waals surface area contributed by atoms with Gasteiger partial charge in [-0.15, -0.1) is 16.6 Å². The van der Waals surface area contributed by atoms with Crippen molar-refractivity contribution in [3.63, 3.8) is 0 Å². The summed E-state index contributed by atoms with van der Waals surface area (Å²) in [5.74, 6) is 3.65. The van der Waals surface area contributed by atoms with Crippen LogP contribution in [0.3, 0.4) is 0 Å². The SMILES string of the molecule is C#Cc1ccc(-c2nnc(N[C@@H]3CCCN(C)C3)c3c2CCCC3)c(O)c1. The van der Waals surface area contributed by atoms with Gasteiger partial charge in [0.1, 0.15) is 11.4 Å². The van der Waals surface area contributed by atoms with Gasteiger partial charge in [0.05, 0.1) is 0 Å². The molecule has 1 atom stereocenters. The smallest absolute Gasteiger partial charge is 0.152 e. The molecular formula is C22H26N4O. The molecule has 2 aliphatic rings. The zero-order chi connectivity index (χ0) is 18.8. The fraction of sp³-hybridized carbons (Fsp3) is 0.455. The van der Waals surface area contributed by atoms with Gasteiger partial charge in [0.2, 0.25) is 0 Å². The number of rotatable bonds is 3. The fourth-order valence-electron chi connectivity index (χ4n) is 4.28. The third-order valence-corrected chi connectivity index (χ3v) is 5.67. The Morgan fingerprint density at radius 3 is 2.74 bits per heavy atom. The molecule has 1 fully saturated rings. The first kappa shape index (κ1) is 17.8. The number of anilines is 1. The van der Waals surface area contributed by atoms with Crippen LogP contribution in [0.25, 0.3) is 11.3 Å². The summed E-state index contributed by atoms with van der Waals surface area (Å²) in [5.41, 5.74) is 4.64. The topological polar surface area (TPSA) is 61.3 Å². The number of nitrogens with zero attached hydrogens (tertiary/aromatic N) is 3. The number of likely N-dealkylation sites (tertiary alicyclic amines) is 1. The standard InChI is InChI=1S/C22H26N4O/c1-3-15-10-11-19(20(27)13-15)21-17-8-4-5-9-18(17)22(25-24-21)23-16-7-6-12-26(2)14-16/h1,10-11,13,16,27H,4-9,12,14H2,2H3,(H,23,25)/t16-/m1/s1. The predicted octanol–water partition coefficient (Wildman–Crippen LogP) is 3.22. The molecule has 1 saturated heterocycles. The number of benzene rings is 1. The molecule has 1 aromatic carbocycles. The van der Waals surface area contributed by atoms with E-state index >= 15 is 0 Å². The van der Waals surface area contributed by atoms with E-state index in [9.17, 15) is 5.11 Å². The minimum Gasteiger partial charge on any atom is -0.507 e. The van der Waals surface area contributed by atoms with E-state index in [0.29, 0.717) is 17.2 Å². The molecular weight excluding hydrogens is 336 g/mol. The number of hydrogen-bond acceptors (Lipinski definition) is 5. The summed E-state index contributed by atoms with van der Waals surface area (Å²) >= 11 is 0. The first-order chi connectivity index (χ1) is 13.2. The van der Waals surface area contributed by atoms with Gasteiger partial charge in [-0.1, -0.05) is 5.92 Å². The summed E-state index contributed by atoms with van der Waals surface area (Å²) in [6, 6.07) is 5.73. The van der Waals surface area contributed by atoms with E-state index in [0.717, 1.165) is 50.3 Å². The van der Waals surface area contributed by atoms with Crippen LogP contribution in [-0.2, 0) is 12.8 Å². The third-order valence-electron chi connectivity index (χ3n) is 5.67. The number of aromatic nitrogens is 2. The van der Waals surface area contributed by atoms with Gasteiger partial charge >= 0.3 is 0 Å². The van der Waals surface area contributed by atoms with E-state index in [2.05, 4.69) is 33.4 Å². The lowest BCUT2D eigenvalue weighted by Crippen LogP contribution is -2.40. The molecule has 0 bridgehead atoms. The van der Waals surface area contributed by atoms with Crippen LogP contribution in [0.4, 0.5) is 5.82 Å². The largest absolute Gasteiger partial charge is 0.507 e. The highest BCUT2D eigenvalue weighted by Crippen LogP contribution is 2.37. The predicted molar refractivity (Wildman–Crippen MR) is 108 cm³/mol. The van der Waals surface area contributed by atoms with Crippen molar-refractivity contribution < 1.29 is 5.11 Å². The highest BCUT2D eigenvalue weighted by Gasteiger charge is 2.24. The number of terminal acetylenes is 1. The van der Waals surface area contributed by atoms with Crippen molar-refractivity contribution in [2.75, 3.05) is 25.5 Å². The average Bonchev–Trinajstić information content (AvgIpc) is 2.68. The van der Waals surface area contributed by atoms with Crippen molar-refractivity contribution in [2.45, 2.75) is 44.6 Å². The molecule has 0 radical (unpaired) electrons. The molecule has 5 nitrogen and oxygen atoms in total. The molecule has 1 aliphatic carbocycles.